The highest BCUT2D eigenvalue weighted by Gasteiger charge is 2.23. The number of rotatable bonds is 5. The fraction of sp³-hybridized carbons (Fsp3) is 0.571. The van der Waals surface area contributed by atoms with Crippen LogP contribution in [-0.2, 0) is 6.54 Å². The summed E-state index contributed by atoms with van der Waals surface area (Å²) in [7, 11) is 3.83. The number of nitrogens with zero attached hydrogens (tertiary/aromatic N) is 2. The monoisotopic (exact) mass is 295 g/mol. The molecule has 0 spiro atoms. The van der Waals surface area contributed by atoms with Crippen molar-refractivity contribution in [2.75, 3.05) is 27.2 Å². The average Bonchev–Trinajstić information content (AvgIpc) is 3.06. The Kier molecular flexibility index (Phi) is 4.85. The maximum atomic E-state index is 12.0. The minimum Gasteiger partial charge on any atom is -0.475 e. The molecule has 2 heterocycles. The van der Waals surface area contributed by atoms with Crippen molar-refractivity contribution in [1.82, 2.24) is 15.1 Å². The predicted molar refractivity (Wildman–Crippen MR) is 76.2 cm³/mol. The topological polar surface area (TPSA) is 86.0 Å². The Bertz CT molecular complexity index is 514. The van der Waals surface area contributed by atoms with Gasteiger partial charge < -0.3 is 24.6 Å². The van der Waals surface area contributed by atoms with Crippen molar-refractivity contribution in [1.29, 1.82) is 0 Å². The molecule has 2 N–H and O–H groups in total. The summed E-state index contributed by atoms with van der Waals surface area (Å²) in [6.45, 7) is 1.93. The van der Waals surface area contributed by atoms with E-state index in [0.717, 1.165) is 13.0 Å². The van der Waals surface area contributed by atoms with Crippen LogP contribution in [0.2, 0.25) is 0 Å². The van der Waals surface area contributed by atoms with Gasteiger partial charge in [-0.1, -0.05) is 0 Å². The van der Waals surface area contributed by atoms with Crippen molar-refractivity contribution in [2.24, 2.45) is 0 Å². The zero-order valence-electron chi connectivity index (χ0n) is 12.3. The third-order valence-electron chi connectivity index (χ3n) is 3.79. The summed E-state index contributed by atoms with van der Waals surface area (Å²) in [6, 6.07) is 3.14. The van der Waals surface area contributed by atoms with Crippen LogP contribution in [0.1, 0.15) is 29.2 Å². The van der Waals surface area contributed by atoms with Gasteiger partial charge in [-0.15, -0.1) is 0 Å². The standard InChI is InChI=1S/C14H21N3O4/c1-16-7-3-4-10(16)9-17(2)14(20)15-8-11-5-6-12(21-11)13(18)19/h5-6,10H,3-4,7-9H2,1-2H3,(H,15,20)(H,18,19). The van der Waals surface area contributed by atoms with Gasteiger partial charge in [0.15, 0.2) is 0 Å². The van der Waals surface area contributed by atoms with E-state index < -0.39 is 5.97 Å². The van der Waals surface area contributed by atoms with Crippen molar-refractivity contribution in [3.8, 4) is 0 Å². The van der Waals surface area contributed by atoms with Crippen LogP contribution in [0.4, 0.5) is 4.79 Å². The molecule has 0 radical (unpaired) electrons. The molecular weight excluding hydrogens is 274 g/mol. The molecule has 1 unspecified atom stereocenters. The minimum absolute atomic E-state index is 0.125. The summed E-state index contributed by atoms with van der Waals surface area (Å²) < 4.78 is 5.08. The summed E-state index contributed by atoms with van der Waals surface area (Å²) in [5, 5.41) is 11.5. The van der Waals surface area contributed by atoms with Gasteiger partial charge in [0.25, 0.3) is 0 Å². The van der Waals surface area contributed by atoms with E-state index in [-0.39, 0.29) is 18.3 Å². The van der Waals surface area contributed by atoms with Crippen molar-refractivity contribution < 1.29 is 19.1 Å². The molecule has 116 valence electrons. The van der Waals surface area contributed by atoms with E-state index in [1.54, 1.807) is 18.0 Å². The Balaban J connectivity index is 1.79. The zero-order chi connectivity index (χ0) is 15.4. The van der Waals surface area contributed by atoms with Gasteiger partial charge in [-0.05, 0) is 38.6 Å². The number of likely N-dealkylation sites (N-methyl/N-ethyl adjacent to an activating group) is 2. The van der Waals surface area contributed by atoms with Gasteiger partial charge in [-0.2, -0.15) is 0 Å². The molecule has 0 aromatic carbocycles. The molecule has 2 amide bonds. The van der Waals surface area contributed by atoms with Crippen LogP contribution in [0.3, 0.4) is 0 Å². The first kappa shape index (κ1) is 15.4. The van der Waals surface area contributed by atoms with Crippen LogP contribution in [0.25, 0.3) is 0 Å². The lowest BCUT2D eigenvalue weighted by atomic mass is 10.2. The van der Waals surface area contributed by atoms with Gasteiger partial charge in [0.05, 0.1) is 6.54 Å². The SMILES string of the molecule is CN(CC1CCCN1C)C(=O)NCc1ccc(C(=O)O)o1. The quantitative estimate of drug-likeness (QED) is 0.853. The predicted octanol–water partition coefficient (Wildman–Crippen LogP) is 1.21. The molecule has 1 fully saturated rings. The lowest BCUT2D eigenvalue weighted by Crippen LogP contribution is -2.43. The molecule has 1 aromatic heterocycles. The van der Waals surface area contributed by atoms with Gasteiger partial charge in [-0.3, -0.25) is 0 Å². The Hall–Kier alpha value is -2.02. The highest BCUT2D eigenvalue weighted by atomic mass is 16.4. The first-order valence-electron chi connectivity index (χ1n) is 6.98. The largest absolute Gasteiger partial charge is 0.475 e. The molecule has 0 bridgehead atoms. The first-order valence-corrected chi connectivity index (χ1v) is 6.98. The van der Waals surface area contributed by atoms with Crippen molar-refractivity contribution in [3.63, 3.8) is 0 Å². The van der Waals surface area contributed by atoms with Crippen LogP contribution < -0.4 is 5.32 Å². The third kappa shape index (κ3) is 3.98. The van der Waals surface area contributed by atoms with E-state index in [1.807, 2.05) is 0 Å². The van der Waals surface area contributed by atoms with Gasteiger partial charge in [0.2, 0.25) is 5.76 Å². The van der Waals surface area contributed by atoms with Crippen molar-refractivity contribution in [3.05, 3.63) is 23.7 Å². The van der Waals surface area contributed by atoms with E-state index in [1.165, 1.54) is 12.5 Å². The van der Waals surface area contributed by atoms with Crippen LogP contribution in [0.5, 0.6) is 0 Å². The van der Waals surface area contributed by atoms with E-state index in [2.05, 4.69) is 17.3 Å². The number of aromatic carboxylic acids is 1. The number of hydrogen-bond donors (Lipinski definition) is 2. The smallest absolute Gasteiger partial charge is 0.371 e. The maximum absolute atomic E-state index is 12.0. The number of carbonyl (C=O) groups is 2. The number of likely N-dealkylation sites (tertiary alicyclic amines) is 1. The van der Waals surface area contributed by atoms with Crippen molar-refractivity contribution >= 4 is 12.0 Å². The Morgan fingerprint density at radius 1 is 1.52 bits per heavy atom. The van der Waals surface area contributed by atoms with Gasteiger partial charge in [-0.25, -0.2) is 9.59 Å². The number of urea groups is 1. The number of amides is 2. The van der Waals surface area contributed by atoms with Gasteiger partial charge in [0, 0.05) is 19.6 Å². The maximum Gasteiger partial charge on any atom is 0.371 e. The highest BCUT2D eigenvalue weighted by Crippen LogP contribution is 2.15. The molecule has 1 atom stereocenters. The number of hydrogen-bond acceptors (Lipinski definition) is 4. The number of carbonyl (C=O) groups excluding carboxylic acids is 1. The number of carboxylic acids is 1. The second-order valence-electron chi connectivity index (χ2n) is 5.39. The number of furan rings is 1. The normalized spacial score (nSPS) is 18.7. The number of nitrogens with one attached hydrogen (secondary N) is 1. The summed E-state index contributed by atoms with van der Waals surface area (Å²) in [5.41, 5.74) is 0. The van der Waals surface area contributed by atoms with Crippen LogP contribution >= 0.6 is 0 Å². The van der Waals surface area contributed by atoms with Gasteiger partial charge in [0.1, 0.15) is 5.76 Å². The lowest BCUT2D eigenvalue weighted by molar-refractivity contribution is 0.0660. The van der Waals surface area contributed by atoms with Crippen LogP contribution in [-0.4, -0.2) is 60.1 Å². The van der Waals surface area contributed by atoms with E-state index in [0.29, 0.717) is 18.3 Å². The van der Waals surface area contributed by atoms with Crippen LogP contribution in [0.15, 0.2) is 16.5 Å². The Morgan fingerprint density at radius 3 is 2.86 bits per heavy atom. The van der Waals surface area contributed by atoms with Crippen LogP contribution in [0, 0.1) is 0 Å². The molecule has 2 rings (SSSR count). The summed E-state index contributed by atoms with van der Waals surface area (Å²) in [4.78, 5) is 26.6. The van der Waals surface area contributed by atoms with E-state index in [4.69, 9.17) is 9.52 Å². The lowest BCUT2D eigenvalue weighted by Gasteiger charge is -2.25. The Morgan fingerprint density at radius 2 is 2.29 bits per heavy atom. The second-order valence-corrected chi connectivity index (χ2v) is 5.39. The fourth-order valence-electron chi connectivity index (χ4n) is 2.49. The zero-order valence-corrected chi connectivity index (χ0v) is 12.3. The number of carboxylic acid groups (broad SMARTS) is 1. The van der Waals surface area contributed by atoms with E-state index in [9.17, 15) is 9.59 Å². The average molecular weight is 295 g/mol. The molecule has 1 aromatic rings. The molecule has 1 saturated heterocycles. The third-order valence-corrected chi connectivity index (χ3v) is 3.79. The molecule has 7 nitrogen and oxygen atoms in total. The van der Waals surface area contributed by atoms with E-state index >= 15 is 0 Å². The molecule has 21 heavy (non-hydrogen) atoms. The minimum atomic E-state index is -1.12. The Labute approximate surface area is 123 Å². The summed E-state index contributed by atoms with van der Waals surface area (Å²) >= 11 is 0. The molecular formula is C14H21N3O4. The van der Waals surface area contributed by atoms with Crippen molar-refractivity contribution in [2.45, 2.75) is 25.4 Å². The molecule has 0 aliphatic carbocycles. The fourth-order valence-corrected chi connectivity index (χ4v) is 2.49. The summed E-state index contributed by atoms with van der Waals surface area (Å²) in [6.07, 6.45) is 2.27. The molecule has 1 aliphatic heterocycles. The highest BCUT2D eigenvalue weighted by molar-refractivity contribution is 5.84. The first-order chi connectivity index (χ1) is 9.97. The molecule has 1 aliphatic rings. The molecule has 7 heteroatoms. The summed E-state index contributed by atoms with van der Waals surface area (Å²) in [5.74, 6) is -0.818. The molecule has 0 saturated carbocycles. The second kappa shape index (κ2) is 6.62. The van der Waals surface area contributed by atoms with Gasteiger partial charge >= 0.3 is 12.0 Å².